The molecule has 1 aromatic rings. The van der Waals surface area contributed by atoms with Crippen LogP contribution >= 0.6 is 11.6 Å². The van der Waals surface area contributed by atoms with Gasteiger partial charge >= 0.3 is 0 Å². The summed E-state index contributed by atoms with van der Waals surface area (Å²) in [5.41, 5.74) is 7.01. The van der Waals surface area contributed by atoms with Gasteiger partial charge in [-0.05, 0) is 31.5 Å². The van der Waals surface area contributed by atoms with E-state index in [1.165, 1.54) is 0 Å². The number of aryl methyl sites for hydroxylation is 1. The summed E-state index contributed by atoms with van der Waals surface area (Å²) < 4.78 is 0. The normalized spacial score (nSPS) is 13.1. The van der Waals surface area contributed by atoms with E-state index in [4.69, 9.17) is 22.5 Å². The summed E-state index contributed by atoms with van der Waals surface area (Å²) >= 11 is 6.04. The summed E-state index contributed by atoms with van der Waals surface area (Å²) in [7, 11) is 0. The van der Waals surface area contributed by atoms with Crippen LogP contribution in [-0.2, 0) is 0 Å². The minimum Gasteiger partial charge on any atom is -0.409 e. The number of hydrogen-bond donors (Lipinski definition) is 2. The van der Waals surface area contributed by atoms with E-state index in [2.05, 4.69) is 5.16 Å². The zero-order chi connectivity index (χ0) is 15.3. The minimum absolute atomic E-state index is 0.109. The largest absolute Gasteiger partial charge is 0.409 e. The molecule has 1 unspecified atom stereocenters. The fraction of sp³-hybridized carbons (Fsp3) is 0.429. The van der Waals surface area contributed by atoms with Gasteiger partial charge in [-0.1, -0.05) is 29.7 Å². The van der Waals surface area contributed by atoms with E-state index in [1.807, 2.05) is 19.9 Å². The molecule has 1 amide bonds. The minimum atomic E-state index is -0.218. The number of oxime groups is 1. The molecule has 0 radical (unpaired) electrons. The quantitative estimate of drug-likeness (QED) is 0.379. The molecule has 110 valence electrons. The summed E-state index contributed by atoms with van der Waals surface area (Å²) in [6.45, 7) is 6.48. The number of benzene rings is 1. The molecule has 1 aromatic carbocycles. The molecule has 5 nitrogen and oxygen atoms in total. The number of amides is 1. The molecule has 0 aromatic heterocycles. The van der Waals surface area contributed by atoms with Crippen molar-refractivity contribution < 1.29 is 10.0 Å². The van der Waals surface area contributed by atoms with Crippen LogP contribution in [0.25, 0.3) is 0 Å². The van der Waals surface area contributed by atoms with Crippen molar-refractivity contribution in [3.63, 3.8) is 0 Å². The summed E-state index contributed by atoms with van der Waals surface area (Å²) in [6, 6.07) is 5.23. The van der Waals surface area contributed by atoms with Crippen molar-refractivity contribution in [2.45, 2.75) is 20.8 Å². The van der Waals surface area contributed by atoms with Gasteiger partial charge in [0.15, 0.2) is 0 Å². The Morgan fingerprint density at radius 3 is 2.70 bits per heavy atom. The highest BCUT2D eigenvalue weighted by Gasteiger charge is 2.19. The lowest BCUT2D eigenvalue weighted by atomic mass is 10.1. The van der Waals surface area contributed by atoms with Crippen molar-refractivity contribution in [1.82, 2.24) is 4.90 Å². The van der Waals surface area contributed by atoms with Crippen LogP contribution in [0.4, 0.5) is 0 Å². The van der Waals surface area contributed by atoms with Crippen LogP contribution < -0.4 is 5.73 Å². The number of hydrogen-bond acceptors (Lipinski definition) is 3. The van der Waals surface area contributed by atoms with E-state index < -0.39 is 0 Å². The second-order valence-electron chi connectivity index (χ2n) is 4.73. The predicted molar refractivity (Wildman–Crippen MR) is 80.3 cm³/mol. The number of halogens is 1. The Hall–Kier alpha value is -1.75. The van der Waals surface area contributed by atoms with Crippen molar-refractivity contribution in [2.75, 3.05) is 13.1 Å². The summed E-state index contributed by atoms with van der Waals surface area (Å²) in [6.07, 6.45) is 0. The average Bonchev–Trinajstić information content (AvgIpc) is 2.45. The lowest BCUT2D eigenvalue weighted by molar-refractivity contribution is 0.0754. The zero-order valence-corrected chi connectivity index (χ0v) is 12.7. The van der Waals surface area contributed by atoms with Gasteiger partial charge in [-0.25, -0.2) is 0 Å². The van der Waals surface area contributed by atoms with Crippen molar-refractivity contribution in [2.24, 2.45) is 16.8 Å². The smallest absolute Gasteiger partial charge is 0.253 e. The van der Waals surface area contributed by atoms with Gasteiger partial charge in [0.1, 0.15) is 5.84 Å². The van der Waals surface area contributed by atoms with Gasteiger partial charge in [-0.3, -0.25) is 4.79 Å². The maximum atomic E-state index is 12.4. The molecule has 20 heavy (non-hydrogen) atoms. The van der Waals surface area contributed by atoms with E-state index in [9.17, 15) is 4.79 Å². The van der Waals surface area contributed by atoms with Gasteiger partial charge in [0.25, 0.3) is 5.91 Å². The molecule has 0 aliphatic heterocycles. The maximum Gasteiger partial charge on any atom is 0.253 e. The first-order valence-corrected chi connectivity index (χ1v) is 6.81. The van der Waals surface area contributed by atoms with Crippen LogP contribution in [0.1, 0.15) is 29.8 Å². The van der Waals surface area contributed by atoms with Crippen LogP contribution in [0, 0.1) is 12.8 Å². The van der Waals surface area contributed by atoms with Crippen LogP contribution in [0.15, 0.2) is 23.4 Å². The Kier molecular flexibility index (Phi) is 5.82. The van der Waals surface area contributed by atoms with Crippen molar-refractivity contribution in [3.05, 3.63) is 34.3 Å². The van der Waals surface area contributed by atoms with E-state index in [0.717, 1.165) is 5.56 Å². The molecule has 0 spiro atoms. The summed E-state index contributed by atoms with van der Waals surface area (Å²) in [4.78, 5) is 14.1. The van der Waals surface area contributed by atoms with Gasteiger partial charge in [0.05, 0.1) is 0 Å². The first-order valence-electron chi connectivity index (χ1n) is 6.43. The van der Waals surface area contributed by atoms with Crippen LogP contribution in [0.2, 0.25) is 5.02 Å². The molecule has 6 heteroatoms. The molecule has 0 fully saturated rings. The van der Waals surface area contributed by atoms with E-state index in [1.54, 1.807) is 24.0 Å². The van der Waals surface area contributed by atoms with Crippen LogP contribution in [0.3, 0.4) is 0 Å². The number of nitrogens with two attached hydrogens (primary N) is 1. The second kappa shape index (κ2) is 7.14. The lowest BCUT2D eigenvalue weighted by Crippen LogP contribution is -2.38. The van der Waals surface area contributed by atoms with Crippen molar-refractivity contribution >= 4 is 23.3 Å². The highest BCUT2D eigenvalue weighted by molar-refractivity contribution is 6.31. The Labute approximate surface area is 124 Å². The topological polar surface area (TPSA) is 78.9 Å². The number of amidine groups is 1. The highest BCUT2D eigenvalue weighted by Crippen LogP contribution is 2.18. The lowest BCUT2D eigenvalue weighted by Gasteiger charge is -2.24. The second-order valence-corrected chi connectivity index (χ2v) is 5.14. The molecule has 0 saturated heterocycles. The van der Waals surface area contributed by atoms with E-state index in [-0.39, 0.29) is 17.7 Å². The molecule has 0 bridgehead atoms. The third-order valence-electron chi connectivity index (χ3n) is 3.20. The number of rotatable bonds is 5. The molecular formula is C14H20ClN3O2. The zero-order valence-electron chi connectivity index (χ0n) is 11.9. The molecular weight excluding hydrogens is 278 g/mol. The van der Waals surface area contributed by atoms with Gasteiger partial charge in [-0.15, -0.1) is 0 Å². The van der Waals surface area contributed by atoms with Crippen molar-refractivity contribution in [3.8, 4) is 0 Å². The van der Waals surface area contributed by atoms with Gasteiger partial charge < -0.3 is 15.8 Å². The average molecular weight is 298 g/mol. The Bertz CT molecular complexity index is 517. The molecule has 0 aliphatic rings. The fourth-order valence-electron chi connectivity index (χ4n) is 1.79. The fourth-order valence-corrected chi connectivity index (χ4v) is 1.97. The Balaban J connectivity index is 2.89. The first kappa shape index (κ1) is 16.3. The van der Waals surface area contributed by atoms with Crippen molar-refractivity contribution in [1.29, 1.82) is 0 Å². The standard InChI is InChI=1S/C14H20ClN3O2/c1-4-18(8-10(3)13(16)17-20)14(19)11-6-5-9(2)12(15)7-11/h5-7,10,20H,4,8H2,1-3H3,(H2,16,17). The molecule has 3 N–H and O–H groups in total. The Morgan fingerprint density at radius 1 is 1.55 bits per heavy atom. The highest BCUT2D eigenvalue weighted by atomic mass is 35.5. The predicted octanol–water partition coefficient (Wildman–Crippen LogP) is 2.49. The number of carbonyl (C=O) groups is 1. The SMILES string of the molecule is CCN(CC(C)C(N)=NO)C(=O)c1ccc(C)c(Cl)c1. The van der Waals surface area contributed by atoms with E-state index in [0.29, 0.717) is 23.7 Å². The van der Waals surface area contributed by atoms with Gasteiger partial charge in [-0.2, -0.15) is 0 Å². The summed E-state index contributed by atoms with van der Waals surface area (Å²) in [5, 5.41) is 12.2. The number of carbonyl (C=O) groups excluding carboxylic acids is 1. The third-order valence-corrected chi connectivity index (χ3v) is 3.61. The van der Waals surface area contributed by atoms with Crippen LogP contribution in [-0.4, -0.2) is 34.9 Å². The Morgan fingerprint density at radius 2 is 2.20 bits per heavy atom. The molecule has 0 heterocycles. The van der Waals surface area contributed by atoms with Gasteiger partial charge in [0, 0.05) is 29.6 Å². The third kappa shape index (κ3) is 3.87. The summed E-state index contributed by atoms with van der Waals surface area (Å²) in [5.74, 6) is -0.227. The molecule has 1 rings (SSSR count). The van der Waals surface area contributed by atoms with Crippen LogP contribution in [0.5, 0.6) is 0 Å². The molecule has 1 atom stereocenters. The monoisotopic (exact) mass is 297 g/mol. The van der Waals surface area contributed by atoms with Gasteiger partial charge in [0.2, 0.25) is 0 Å². The molecule has 0 saturated carbocycles. The number of nitrogens with zero attached hydrogens (tertiary/aromatic N) is 2. The molecule has 0 aliphatic carbocycles. The maximum absolute atomic E-state index is 12.4. The first-order chi connectivity index (χ1) is 9.40. The van der Waals surface area contributed by atoms with E-state index >= 15 is 0 Å².